The molecule has 0 saturated heterocycles. The average molecular weight is 333 g/mol. The molecular formula is C14H14F3NO3S. The highest BCUT2D eigenvalue weighted by Gasteiger charge is 2.30. The monoisotopic (exact) mass is 333 g/mol. The summed E-state index contributed by atoms with van der Waals surface area (Å²) in [6, 6.07) is 5.80. The van der Waals surface area contributed by atoms with E-state index in [1.54, 1.807) is 6.07 Å². The van der Waals surface area contributed by atoms with E-state index in [9.17, 15) is 21.6 Å². The predicted molar refractivity (Wildman–Crippen MR) is 74.5 cm³/mol. The molecule has 0 aliphatic heterocycles. The molecule has 1 aromatic carbocycles. The number of nitrogens with one attached hydrogen (secondary N) is 1. The maximum atomic E-state index is 12.4. The van der Waals surface area contributed by atoms with E-state index in [2.05, 4.69) is 4.72 Å². The second-order valence-corrected chi connectivity index (χ2v) is 6.54. The molecule has 2 aromatic rings. The van der Waals surface area contributed by atoms with Gasteiger partial charge < -0.3 is 4.42 Å². The van der Waals surface area contributed by atoms with E-state index >= 15 is 0 Å². The standard InChI is InChI=1S/C14H14F3NO3S/c15-14(16,17)13-3-1-12(2-4-13)10-22(19,20)18-7-5-11-6-8-21-9-11/h1-4,6,8-9,18H,5,7,10H2. The minimum atomic E-state index is -4.43. The van der Waals surface area contributed by atoms with Crippen LogP contribution in [0.3, 0.4) is 0 Å². The molecule has 1 N–H and O–H groups in total. The summed E-state index contributed by atoms with van der Waals surface area (Å²) in [6.07, 6.45) is -0.945. The lowest BCUT2D eigenvalue weighted by atomic mass is 10.1. The van der Waals surface area contributed by atoms with Gasteiger partial charge in [-0.1, -0.05) is 12.1 Å². The highest BCUT2D eigenvalue weighted by molar-refractivity contribution is 7.88. The number of halogens is 3. The van der Waals surface area contributed by atoms with Gasteiger partial charge in [-0.15, -0.1) is 0 Å². The number of benzene rings is 1. The average Bonchev–Trinajstić information content (AvgIpc) is 2.90. The molecule has 120 valence electrons. The Morgan fingerprint density at radius 2 is 1.73 bits per heavy atom. The first-order valence-corrected chi connectivity index (χ1v) is 8.06. The summed E-state index contributed by atoms with van der Waals surface area (Å²) < 4.78 is 68.2. The molecule has 8 heteroatoms. The van der Waals surface area contributed by atoms with Gasteiger partial charge in [0.15, 0.2) is 0 Å². The number of furan rings is 1. The summed E-state index contributed by atoms with van der Waals surface area (Å²) in [5.74, 6) is -0.365. The molecule has 0 atom stereocenters. The zero-order valence-corrected chi connectivity index (χ0v) is 12.2. The Bertz CT molecular complexity index is 692. The molecule has 1 heterocycles. The predicted octanol–water partition coefficient (Wildman–Crippen LogP) is 2.96. The van der Waals surface area contributed by atoms with Gasteiger partial charge in [0.2, 0.25) is 10.0 Å². The molecule has 0 aliphatic carbocycles. The fourth-order valence-corrected chi connectivity index (χ4v) is 2.99. The van der Waals surface area contributed by atoms with Gasteiger partial charge in [-0.25, -0.2) is 13.1 Å². The van der Waals surface area contributed by atoms with E-state index in [4.69, 9.17) is 4.42 Å². The number of alkyl halides is 3. The van der Waals surface area contributed by atoms with Gasteiger partial charge in [0, 0.05) is 6.54 Å². The van der Waals surface area contributed by atoms with Crippen LogP contribution in [-0.4, -0.2) is 15.0 Å². The van der Waals surface area contributed by atoms with Crippen LogP contribution in [0.15, 0.2) is 47.3 Å². The van der Waals surface area contributed by atoms with E-state index in [1.165, 1.54) is 12.5 Å². The van der Waals surface area contributed by atoms with Crippen LogP contribution >= 0.6 is 0 Å². The topological polar surface area (TPSA) is 59.3 Å². The van der Waals surface area contributed by atoms with Gasteiger partial charge in [-0.2, -0.15) is 13.2 Å². The Hall–Kier alpha value is -1.80. The fourth-order valence-electron chi connectivity index (χ4n) is 1.85. The van der Waals surface area contributed by atoms with Crippen LogP contribution in [0.2, 0.25) is 0 Å². The lowest BCUT2D eigenvalue weighted by Gasteiger charge is -2.09. The van der Waals surface area contributed by atoms with E-state index in [0.717, 1.165) is 29.8 Å². The Kier molecular flexibility index (Phi) is 4.92. The molecule has 0 bridgehead atoms. The van der Waals surface area contributed by atoms with Crippen molar-refractivity contribution in [1.29, 1.82) is 0 Å². The van der Waals surface area contributed by atoms with Gasteiger partial charge >= 0.3 is 6.18 Å². The smallest absolute Gasteiger partial charge is 0.416 e. The molecular weight excluding hydrogens is 319 g/mol. The molecule has 0 amide bonds. The zero-order valence-electron chi connectivity index (χ0n) is 11.4. The quantitative estimate of drug-likeness (QED) is 0.884. The van der Waals surface area contributed by atoms with Crippen molar-refractivity contribution in [2.45, 2.75) is 18.3 Å². The minimum Gasteiger partial charge on any atom is -0.472 e. The molecule has 0 radical (unpaired) electrons. The minimum absolute atomic E-state index is 0.197. The summed E-state index contributed by atoms with van der Waals surface area (Å²) in [7, 11) is -3.60. The van der Waals surface area contributed by atoms with Crippen LogP contribution in [0.1, 0.15) is 16.7 Å². The lowest BCUT2D eigenvalue weighted by molar-refractivity contribution is -0.137. The summed E-state index contributed by atoms with van der Waals surface area (Å²) >= 11 is 0. The van der Waals surface area contributed by atoms with Crippen molar-refractivity contribution in [3.63, 3.8) is 0 Å². The van der Waals surface area contributed by atoms with E-state index < -0.39 is 21.8 Å². The highest BCUT2D eigenvalue weighted by atomic mass is 32.2. The van der Waals surface area contributed by atoms with Crippen LogP contribution in [0, 0.1) is 0 Å². The third-order valence-electron chi connectivity index (χ3n) is 2.95. The first-order chi connectivity index (χ1) is 10.3. The molecule has 2 rings (SSSR count). The van der Waals surface area contributed by atoms with E-state index in [-0.39, 0.29) is 12.3 Å². The molecule has 22 heavy (non-hydrogen) atoms. The maximum absolute atomic E-state index is 12.4. The molecule has 0 aliphatic rings. The first kappa shape index (κ1) is 16.6. The normalized spacial score (nSPS) is 12.5. The van der Waals surface area contributed by atoms with Gasteiger partial charge in [0.1, 0.15) is 0 Å². The molecule has 0 unspecified atom stereocenters. The number of sulfonamides is 1. The summed E-state index contributed by atoms with van der Waals surface area (Å²) in [5, 5.41) is 0. The van der Waals surface area contributed by atoms with Crippen LogP contribution in [0.4, 0.5) is 13.2 Å². The largest absolute Gasteiger partial charge is 0.472 e. The van der Waals surface area contributed by atoms with Crippen LogP contribution in [0.25, 0.3) is 0 Å². The second kappa shape index (κ2) is 6.53. The summed E-state index contributed by atoms with van der Waals surface area (Å²) in [4.78, 5) is 0. The Morgan fingerprint density at radius 3 is 2.27 bits per heavy atom. The molecule has 0 fully saturated rings. The van der Waals surface area contributed by atoms with Crippen molar-refractivity contribution in [3.05, 3.63) is 59.5 Å². The maximum Gasteiger partial charge on any atom is 0.416 e. The van der Waals surface area contributed by atoms with Gasteiger partial charge in [-0.05, 0) is 35.7 Å². The van der Waals surface area contributed by atoms with Crippen molar-refractivity contribution in [2.75, 3.05) is 6.54 Å². The number of hydrogen-bond donors (Lipinski definition) is 1. The fraction of sp³-hybridized carbons (Fsp3) is 0.286. The van der Waals surface area contributed by atoms with Crippen molar-refractivity contribution in [1.82, 2.24) is 4.72 Å². The van der Waals surface area contributed by atoms with Crippen molar-refractivity contribution in [3.8, 4) is 0 Å². The zero-order chi connectivity index (χ0) is 16.2. The number of hydrogen-bond acceptors (Lipinski definition) is 3. The Labute approximate surface area is 126 Å². The third kappa shape index (κ3) is 4.88. The van der Waals surface area contributed by atoms with E-state index in [0.29, 0.717) is 12.0 Å². The lowest BCUT2D eigenvalue weighted by Crippen LogP contribution is -2.27. The molecule has 0 spiro atoms. The number of rotatable bonds is 6. The Balaban J connectivity index is 1.91. The summed E-state index contributed by atoms with van der Waals surface area (Å²) in [6.45, 7) is 0.197. The first-order valence-electron chi connectivity index (χ1n) is 6.41. The van der Waals surface area contributed by atoms with Crippen molar-refractivity contribution in [2.24, 2.45) is 0 Å². The second-order valence-electron chi connectivity index (χ2n) is 4.73. The van der Waals surface area contributed by atoms with Crippen LogP contribution in [-0.2, 0) is 28.4 Å². The molecule has 4 nitrogen and oxygen atoms in total. The van der Waals surface area contributed by atoms with Crippen LogP contribution < -0.4 is 4.72 Å². The highest BCUT2D eigenvalue weighted by Crippen LogP contribution is 2.29. The van der Waals surface area contributed by atoms with Crippen molar-refractivity contribution >= 4 is 10.0 Å². The molecule has 1 aromatic heterocycles. The SMILES string of the molecule is O=S(=O)(Cc1ccc(C(F)(F)F)cc1)NCCc1ccoc1. The third-order valence-corrected chi connectivity index (χ3v) is 4.31. The van der Waals surface area contributed by atoms with Crippen molar-refractivity contribution < 1.29 is 26.0 Å². The van der Waals surface area contributed by atoms with Gasteiger partial charge in [-0.3, -0.25) is 0 Å². The summed E-state index contributed by atoms with van der Waals surface area (Å²) in [5.41, 5.74) is 0.350. The Morgan fingerprint density at radius 1 is 1.05 bits per heavy atom. The molecule has 0 saturated carbocycles. The van der Waals surface area contributed by atoms with Gasteiger partial charge in [0.25, 0.3) is 0 Å². The van der Waals surface area contributed by atoms with Gasteiger partial charge in [0.05, 0.1) is 23.8 Å². The van der Waals surface area contributed by atoms with Crippen LogP contribution in [0.5, 0.6) is 0 Å². The van der Waals surface area contributed by atoms with E-state index in [1.807, 2.05) is 0 Å².